The van der Waals surface area contributed by atoms with E-state index in [-0.39, 0.29) is 11.7 Å². The zero-order chi connectivity index (χ0) is 5.44. The first-order valence-electron chi connectivity index (χ1n) is 2.43. The van der Waals surface area contributed by atoms with Gasteiger partial charge in [-0.25, -0.2) is 0 Å². The minimum Gasteiger partial charge on any atom is -0.385 e. The summed E-state index contributed by atoms with van der Waals surface area (Å²) in [5.41, 5.74) is 0. The van der Waals surface area contributed by atoms with Gasteiger partial charge in [-0.15, -0.1) is 0 Å². The third kappa shape index (κ3) is 0.548. The van der Waals surface area contributed by atoms with Crippen molar-refractivity contribution in [3.63, 3.8) is 0 Å². The lowest BCUT2D eigenvalue weighted by molar-refractivity contribution is -0.141. The fourth-order valence-electron chi connectivity index (χ4n) is 0.735. The van der Waals surface area contributed by atoms with E-state index in [2.05, 4.69) is 0 Å². The molecule has 0 aromatic rings. The van der Waals surface area contributed by atoms with Gasteiger partial charge >= 0.3 is 0 Å². The van der Waals surface area contributed by atoms with Crippen LogP contribution in [0.1, 0.15) is 13.3 Å². The lowest BCUT2D eigenvalue weighted by Crippen LogP contribution is -2.39. The van der Waals surface area contributed by atoms with Gasteiger partial charge in [-0.05, 0) is 6.42 Å². The summed E-state index contributed by atoms with van der Waals surface area (Å²) in [5, 5.41) is 8.54. The maximum Gasteiger partial charge on any atom is 0.164 e. The third-order valence-corrected chi connectivity index (χ3v) is 1.39. The highest BCUT2D eigenvalue weighted by atomic mass is 16.3. The molecule has 0 aromatic carbocycles. The molecule has 7 heavy (non-hydrogen) atoms. The van der Waals surface area contributed by atoms with Gasteiger partial charge in [-0.2, -0.15) is 0 Å². The van der Waals surface area contributed by atoms with Crippen LogP contribution in [0.15, 0.2) is 0 Å². The molecule has 2 unspecified atom stereocenters. The van der Waals surface area contributed by atoms with Crippen molar-refractivity contribution in [2.24, 2.45) is 5.92 Å². The summed E-state index contributed by atoms with van der Waals surface area (Å²) in [6, 6.07) is 0. The van der Waals surface area contributed by atoms with Crippen LogP contribution in [-0.4, -0.2) is 17.0 Å². The molecule has 1 aliphatic carbocycles. The van der Waals surface area contributed by atoms with Crippen LogP contribution in [0.2, 0.25) is 0 Å². The lowest BCUT2D eigenvalue weighted by atomic mass is 9.83. The molecule has 0 bridgehead atoms. The molecule has 1 rings (SSSR count). The third-order valence-electron chi connectivity index (χ3n) is 1.39. The molecule has 1 aliphatic rings. The van der Waals surface area contributed by atoms with Crippen LogP contribution >= 0.6 is 0 Å². The number of ketones is 1. The number of hydrogen-bond acceptors (Lipinski definition) is 2. The van der Waals surface area contributed by atoms with Gasteiger partial charge < -0.3 is 5.11 Å². The summed E-state index contributed by atoms with van der Waals surface area (Å²) in [4.78, 5) is 10.3. The van der Waals surface area contributed by atoms with Crippen LogP contribution in [0.5, 0.6) is 0 Å². The Morgan fingerprint density at radius 1 is 1.86 bits per heavy atom. The Bertz CT molecular complexity index is 88.3. The van der Waals surface area contributed by atoms with Crippen LogP contribution in [0.4, 0.5) is 0 Å². The number of carbonyl (C=O) groups excluding carboxylic acids is 1. The Morgan fingerprint density at radius 2 is 2.43 bits per heavy atom. The first kappa shape index (κ1) is 4.78. The second-order valence-electron chi connectivity index (χ2n) is 2.05. The molecule has 0 saturated heterocycles. The normalized spacial score (nSPS) is 40.6. The van der Waals surface area contributed by atoms with Crippen molar-refractivity contribution < 1.29 is 9.90 Å². The fraction of sp³-hybridized carbons (Fsp3) is 0.800. The summed E-state index contributed by atoms with van der Waals surface area (Å²) in [5.74, 6) is 0.120. The number of hydrogen-bond donors (Lipinski definition) is 1. The number of rotatable bonds is 0. The van der Waals surface area contributed by atoms with E-state index in [0.29, 0.717) is 6.42 Å². The van der Waals surface area contributed by atoms with Crippen molar-refractivity contribution in [2.45, 2.75) is 19.4 Å². The van der Waals surface area contributed by atoms with E-state index in [1.54, 1.807) is 0 Å². The van der Waals surface area contributed by atoms with Gasteiger partial charge in [-0.3, -0.25) is 4.79 Å². The molecule has 0 aromatic heterocycles. The Balaban J connectivity index is 2.44. The number of carbonyl (C=O) groups is 1. The van der Waals surface area contributed by atoms with E-state index >= 15 is 0 Å². The minimum atomic E-state index is -0.630. The monoisotopic (exact) mass is 100 g/mol. The maximum atomic E-state index is 10.3. The fourth-order valence-corrected chi connectivity index (χ4v) is 0.735. The van der Waals surface area contributed by atoms with E-state index in [4.69, 9.17) is 5.11 Å². The molecule has 2 heteroatoms. The van der Waals surface area contributed by atoms with E-state index in [9.17, 15) is 4.79 Å². The Morgan fingerprint density at radius 3 is 2.43 bits per heavy atom. The second-order valence-corrected chi connectivity index (χ2v) is 2.05. The van der Waals surface area contributed by atoms with Gasteiger partial charge in [0.1, 0.15) is 6.10 Å². The molecule has 2 nitrogen and oxygen atoms in total. The van der Waals surface area contributed by atoms with Crippen molar-refractivity contribution >= 4 is 5.78 Å². The molecule has 0 radical (unpaired) electrons. The van der Waals surface area contributed by atoms with Gasteiger partial charge in [0.05, 0.1) is 0 Å². The minimum absolute atomic E-state index is 0.000000000000000222. The SMILES string of the molecule is CC1CC(O)C1=O. The first-order chi connectivity index (χ1) is 3.22. The van der Waals surface area contributed by atoms with Gasteiger partial charge in [0.2, 0.25) is 0 Å². The van der Waals surface area contributed by atoms with Crippen LogP contribution in [-0.2, 0) is 4.79 Å². The van der Waals surface area contributed by atoms with Crippen molar-refractivity contribution in [1.29, 1.82) is 0 Å². The summed E-state index contributed by atoms with van der Waals surface area (Å²) < 4.78 is 0. The Kier molecular flexibility index (Phi) is 0.889. The van der Waals surface area contributed by atoms with Gasteiger partial charge in [0.15, 0.2) is 5.78 Å². The topological polar surface area (TPSA) is 37.3 Å². The van der Waals surface area contributed by atoms with E-state index in [1.165, 1.54) is 0 Å². The smallest absolute Gasteiger partial charge is 0.164 e. The van der Waals surface area contributed by atoms with Crippen LogP contribution in [0.3, 0.4) is 0 Å². The zero-order valence-corrected chi connectivity index (χ0v) is 4.22. The average Bonchev–Trinajstić information content (AvgIpc) is 1.68. The van der Waals surface area contributed by atoms with Crippen molar-refractivity contribution in [2.75, 3.05) is 0 Å². The van der Waals surface area contributed by atoms with E-state index in [0.717, 1.165) is 0 Å². The molecule has 0 aliphatic heterocycles. The van der Waals surface area contributed by atoms with Crippen LogP contribution in [0.25, 0.3) is 0 Å². The van der Waals surface area contributed by atoms with Crippen LogP contribution < -0.4 is 0 Å². The summed E-state index contributed by atoms with van der Waals surface area (Å²) >= 11 is 0. The Labute approximate surface area is 42.1 Å². The molecular weight excluding hydrogens is 92.1 g/mol. The predicted molar refractivity (Wildman–Crippen MR) is 24.8 cm³/mol. The van der Waals surface area contributed by atoms with E-state index < -0.39 is 6.10 Å². The molecule has 1 fully saturated rings. The van der Waals surface area contributed by atoms with E-state index in [1.807, 2.05) is 6.92 Å². The standard InChI is InChI=1S/C5H8O2/c1-3-2-4(6)5(3)7/h3-4,6H,2H2,1H3. The maximum absolute atomic E-state index is 10.3. The molecule has 1 saturated carbocycles. The number of aliphatic hydroxyl groups is 1. The molecule has 2 atom stereocenters. The van der Waals surface area contributed by atoms with Gasteiger partial charge in [0, 0.05) is 5.92 Å². The summed E-state index contributed by atoms with van der Waals surface area (Å²) in [6.45, 7) is 1.83. The highest BCUT2D eigenvalue weighted by Gasteiger charge is 2.33. The zero-order valence-electron chi connectivity index (χ0n) is 4.22. The highest BCUT2D eigenvalue weighted by Crippen LogP contribution is 2.21. The van der Waals surface area contributed by atoms with Gasteiger partial charge in [-0.1, -0.05) is 6.92 Å². The summed E-state index contributed by atoms with van der Waals surface area (Å²) in [7, 11) is 0. The van der Waals surface area contributed by atoms with Crippen molar-refractivity contribution in [3.8, 4) is 0 Å². The average molecular weight is 100 g/mol. The predicted octanol–water partition coefficient (Wildman–Crippen LogP) is -0.0438. The largest absolute Gasteiger partial charge is 0.385 e. The summed E-state index contributed by atoms with van der Waals surface area (Å²) in [6.07, 6.45) is 0.0359. The molecule has 0 spiro atoms. The second kappa shape index (κ2) is 1.30. The Hall–Kier alpha value is -0.370. The first-order valence-corrected chi connectivity index (χ1v) is 2.43. The van der Waals surface area contributed by atoms with Gasteiger partial charge in [0.25, 0.3) is 0 Å². The lowest BCUT2D eigenvalue weighted by Gasteiger charge is -2.25. The molecular formula is C5H8O2. The number of Topliss-reactive ketones (excluding diaryl/α,β-unsaturated/α-hetero) is 1. The highest BCUT2D eigenvalue weighted by molar-refractivity contribution is 5.90. The number of aliphatic hydroxyl groups excluding tert-OH is 1. The molecule has 40 valence electrons. The quantitative estimate of drug-likeness (QED) is 0.463. The molecule has 0 heterocycles. The molecule has 0 amide bonds. The van der Waals surface area contributed by atoms with Crippen molar-refractivity contribution in [3.05, 3.63) is 0 Å². The van der Waals surface area contributed by atoms with Crippen molar-refractivity contribution in [1.82, 2.24) is 0 Å². The molecule has 1 N–H and O–H groups in total. The van der Waals surface area contributed by atoms with Crippen LogP contribution in [0, 0.1) is 5.92 Å².